The SMILES string of the molecule is C/C=N\C(=C(\C)C(C)Nc1ccc(OSN(C)C)cc1F)N1C2CCC1C(c1nc(C(C)C)no1)C2. The Kier molecular flexibility index (Phi) is 8.24. The van der Waals surface area contributed by atoms with Gasteiger partial charge in [-0.25, -0.2) is 13.7 Å². The molecule has 0 radical (unpaired) electrons. The van der Waals surface area contributed by atoms with E-state index < -0.39 is 0 Å². The number of nitrogens with zero attached hydrogens (tertiary/aromatic N) is 5. The van der Waals surface area contributed by atoms with E-state index in [-0.39, 0.29) is 29.7 Å². The van der Waals surface area contributed by atoms with Gasteiger partial charge in [0.2, 0.25) is 5.89 Å². The summed E-state index contributed by atoms with van der Waals surface area (Å²) in [4.78, 5) is 11.9. The summed E-state index contributed by atoms with van der Waals surface area (Å²) in [5.41, 5.74) is 1.49. The molecule has 1 aromatic heterocycles. The summed E-state index contributed by atoms with van der Waals surface area (Å²) < 4.78 is 27.8. The lowest BCUT2D eigenvalue weighted by atomic mass is 9.89. The van der Waals surface area contributed by atoms with E-state index in [0.29, 0.717) is 17.5 Å². The summed E-state index contributed by atoms with van der Waals surface area (Å²) in [6.45, 7) is 10.2. The van der Waals surface area contributed by atoms with E-state index >= 15 is 0 Å². The van der Waals surface area contributed by atoms with Gasteiger partial charge in [0.25, 0.3) is 0 Å². The smallest absolute Gasteiger partial charge is 0.231 e. The summed E-state index contributed by atoms with van der Waals surface area (Å²) in [5.74, 6) is 2.98. The molecule has 4 atom stereocenters. The number of hydrogen-bond acceptors (Lipinski definition) is 9. The van der Waals surface area contributed by atoms with E-state index in [1.54, 1.807) is 16.4 Å². The Labute approximate surface area is 217 Å². The minimum atomic E-state index is -0.356. The molecule has 3 heterocycles. The lowest BCUT2D eigenvalue weighted by Crippen LogP contribution is -2.32. The van der Waals surface area contributed by atoms with Crippen molar-refractivity contribution in [2.24, 2.45) is 4.99 Å². The van der Waals surface area contributed by atoms with Crippen LogP contribution < -0.4 is 9.50 Å². The summed E-state index contributed by atoms with van der Waals surface area (Å²) in [5, 5.41) is 7.52. The zero-order valence-corrected chi connectivity index (χ0v) is 23.0. The van der Waals surface area contributed by atoms with E-state index in [4.69, 9.17) is 18.7 Å². The van der Waals surface area contributed by atoms with Crippen LogP contribution >= 0.6 is 12.2 Å². The average molecular weight is 517 g/mol. The van der Waals surface area contributed by atoms with Gasteiger partial charge in [-0.3, -0.25) is 0 Å². The number of fused-ring (bicyclic) bond motifs is 2. The van der Waals surface area contributed by atoms with Crippen LogP contribution in [0.15, 0.2) is 39.1 Å². The second-order valence-electron chi connectivity index (χ2n) is 10.1. The number of rotatable bonds is 10. The van der Waals surface area contributed by atoms with Crippen molar-refractivity contribution >= 4 is 24.1 Å². The van der Waals surface area contributed by atoms with Crippen molar-refractivity contribution in [1.82, 2.24) is 19.3 Å². The molecule has 0 spiro atoms. The number of halogens is 1. The second kappa shape index (κ2) is 11.2. The van der Waals surface area contributed by atoms with Gasteiger partial charge in [0.05, 0.1) is 11.6 Å². The molecule has 4 unspecified atom stereocenters. The zero-order valence-electron chi connectivity index (χ0n) is 22.2. The molecule has 2 fully saturated rings. The number of benzene rings is 1. The number of anilines is 1. The van der Waals surface area contributed by atoms with Crippen molar-refractivity contribution in [3.05, 3.63) is 47.1 Å². The predicted octanol–water partition coefficient (Wildman–Crippen LogP) is 5.98. The third kappa shape index (κ3) is 5.54. The Hall–Kier alpha value is -2.59. The van der Waals surface area contributed by atoms with Crippen molar-refractivity contribution in [3.63, 3.8) is 0 Å². The molecule has 1 N–H and O–H groups in total. The molecule has 196 valence electrons. The van der Waals surface area contributed by atoms with Gasteiger partial charge in [-0.1, -0.05) is 19.0 Å². The summed E-state index contributed by atoms with van der Waals surface area (Å²) in [6.07, 6.45) is 4.99. The fourth-order valence-electron chi connectivity index (χ4n) is 5.03. The minimum Gasteiger partial charge on any atom is -0.409 e. The zero-order chi connectivity index (χ0) is 26.0. The van der Waals surface area contributed by atoms with Gasteiger partial charge in [-0.05, 0) is 57.7 Å². The maximum absolute atomic E-state index is 14.8. The Morgan fingerprint density at radius 1 is 1.33 bits per heavy atom. The van der Waals surface area contributed by atoms with E-state index in [2.05, 4.69) is 36.1 Å². The number of aliphatic imine (C=N–C) groups is 1. The number of hydrogen-bond donors (Lipinski definition) is 1. The van der Waals surface area contributed by atoms with Crippen molar-refractivity contribution in [2.45, 2.75) is 83.8 Å². The van der Waals surface area contributed by atoms with E-state index in [9.17, 15) is 4.39 Å². The summed E-state index contributed by atoms with van der Waals surface area (Å²) in [7, 11) is 3.73. The van der Waals surface area contributed by atoms with E-state index in [0.717, 1.165) is 54.6 Å². The molecule has 2 saturated heterocycles. The van der Waals surface area contributed by atoms with Gasteiger partial charge < -0.3 is 18.9 Å². The molecule has 2 aliphatic heterocycles. The first-order valence-corrected chi connectivity index (χ1v) is 13.3. The highest BCUT2D eigenvalue weighted by Gasteiger charge is 2.50. The largest absolute Gasteiger partial charge is 0.409 e. The van der Waals surface area contributed by atoms with Gasteiger partial charge in [-0.15, -0.1) is 0 Å². The minimum absolute atomic E-state index is 0.129. The lowest BCUT2D eigenvalue weighted by molar-refractivity contribution is 0.285. The van der Waals surface area contributed by atoms with Crippen molar-refractivity contribution in [3.8, 4) is 5.75 Å². The van der Waals surface area contributed by atoms with Gasteiger partial charge in [0, 0.05) is 50.4 Å². The molecule has 2 aromatic rings. The Bertz CT molecular complexity index is 1120. The molecule has 0 aliphatic carbocycles. The lowest BCUT2D eigenvalue weighted by Gasteiger charge is -2.29. The second-order valence-corrected chi connectivity index (χ2v) is 11.1. The first kappa shape index (κ1) is 26.5. The number of nitrogens with one attached hydrogen (secondary N) is 1. The monoisotopic (exact) mass is 516 g/mol. The fraction of sp³-hybridized carbons (Fsp3) is 0.577. The third-order valence-electron chi connectivity index (χ3n) is 6.92. The molecule has 2 bridgehead atoms. The van der Waals surface area contributed by atoms with Crippen LogP contribution in [0.5, 0.6) is 5.75 Å². The van der Waals surface area contributed by atoms with E-state index in [1.165, 1.54) is 6.07 Å². The third-order valence-corrected chi connectivity index (χ3v) is 7.49. The Morgan fingerprint density at radius 2 is 2.11 bits per heavy atom. The van der Waals surface area contributed by atoms with Crippen LogP contribution in [0.4, 0.5) is 10.1 Å². The highest BCUT2D eigenvalue weighted by atomic mass is 32.2. The van der Waals surface area contributed by atoms with Crippen molar-refractivity contribution in [2.75, 3.05) is 19.4 Å². The molecule has 0 amide bonds. The molecule has 36 heavy (non-hydrogen) atoms. The molecular formula is C26H37FN6O2S. The van der Waals surface area contributed by atoms with Gasteiger partial charge >= 0.3 is 0 Å². The standard InChI is InChI=1S/C26H37FN6O2S/c1-8-28-25(16(4)17(5)29-22-11-10-19(14-21(22)27)35-36-32(6)7)33-18-9-12-23(33)20(13-18)26-30-24(15(2)3)31-34-26/h8,10-11,14-15,17-18,20,23,29H,9,12-13H2,1-7H3/b25-16+,28-8-. The molecule has 0 saturated carbocycles. The van der Waals surface area contributed by atoms with Crippen LogP contribution in [0.25, 0.3) is 0 Å². The van der Waals surface area contributed by atoms with Crippen molar-refractivity contribution in [1.29, 1.82) is 0 Å². The Balaban J connectivity index is 1.53. The normalized spacial score (nSPS) is 23.2. The molecule has 2 aliphatic rings. The van der Waals surface area contributed by atoms with Gasteiger partial charge in [0.1, 0.15) is 29.6 Å². The van der Waals surface area contributed by atoms with Crippen LogP contribution in [0.1, 0.15) is 77.4 Å². The van der Waals surface area contributed by atoms with Gasteiger partial charge in [-0.2, -0.15) is 4.98 Å². The quantitative estimate of drug-likeness (QED) is 0.235. The first-order chi connectivity index (χ1) is 17.2. The highest BCUT2D eigenvalue weighted by molar-refractivity contribution is 7.92. The van der Waals surface area contributed by atoms with Crippen LogP contribution in [-0.4, -0.2) is 57.8 Å². The van der Waals surface area contributed by atoms with Crippen LogP contribution in [-0.2, 0) is 0 Å². The summed E-state index contributed by atoms with van der Waals surface area (Å²) in [6, 6.07) is 5.38. The molecular weight excluding hydrogens is 479 g/mol. The van der Waals surface area contributed by atoms with Crippen LogP contribution in [0.2, 0.25) is 0 Å². The topological polar surface area (TPSA) is 79.0 Å². The maximum atomic E-state index is 14.8. The van der Waals surface area contributed by atoms with E-state index in [1.807, 2.05) is 34.2 Å². The molecule has 10 heteroatoms. The average Bonchev–Trinajstić information content (AvgIpc) is 3.57. The van der Waals surface area contributed by atoms with Crippen LogP contribution in [0, 0.1) is 5.82 Å². The Morgan fingerprint density at radius 3 is 2.75 bits per heavy atom. The first-order valence-electron chi connectivity index (χ1n) is 12.6. The van der Waals surface area contributed by atoms with Gasteiger partial charge in [0.15, 0.2) is 5.82 Å². The molecule has 1 aromatic carbocycles. The molecule has 4 rings (SSSR count). The fourth-order valence-corrected chi connectivity index (χ4v) is 5.37. The summed E-state index contributed by atoms with van der Waals surface area (Å²) >= 11 is 1.15. The maximum Gasteiger partial charge on any atom is 0.231 e. The molecule has 8 nitrogen and oxygen atoms in total. The van der Waals surface area contributed by atoms with Crippen LogP contribution in [0.3, 0.4) is 0 Å². The number of aromatic nitrogens is 2. The predicted molar refractivity (Wildman–Crippen MR) is 143 cm³/mol. The highest BCUT2D eigenvalue weighted by Crippen LogP contribution is 2.49. The van der Waals surface area contributed by atoms with Crippen molar-refractivity contribution < 1.29 is 13.1 Å².